The summed E-state index contributed by atoms with van der Waals surface area (Å²) in [5, 5.41) is 0.452. The molecule has 5 heteroatoms. The molecule has 0 saturated carbocycles. The molecule has 1 heterocycles. The van der Waals surface area contributed by atoms with Gasteiger partial charge in [0.15, 0.2) is 6.61 Å². The monoisotopic (exact) mass is 292 g/mol. The zero-order valence-electron chi connectivity index (χ0n) is 10.4. The molecule has 2 aromatic rings. The highest BCUT2D eigenvalue weighted by atomic mass is 35.5. The van der Waals surface area contributed by atoms with E-state index in [1.165, 1.54) is 18.2 Å². The highest BCUT2D eigenvalue weighted by molar-refractivity contribution is 6.30. The van der Waals surface area contributed by atoms with Crippen LogP contribution >= 0.6 is 11.6 Å². The van der Waals surface area contributed by atoms with Crippen molar-refractivity contribution in [3.8, 4) is 11.5 Å². The van der Waals surface area contributed by atoms with Crippen molar-refractivity contribution in [3.63, 3.8) is 0 Å². The molecule has 0 amide bonds. The Bertz CT molecular complexity index is 685. The fourth-order valence-electron chi connectivity index (χ4n) is 1.98. The maximum atomic E-state index is 13.5. The number of fused-ring (bicyclic) bond motifs is 1. The Kier molecular flexibility index (Phi) is 3.32. The third-order valence-corrected chi connectivity index (χ3v) is 3.25. The van der Waals surface area contributed by atoms with Gasteiger partial charge in [0, 0.05) is 16.7 Å². The molecule has 0 saturated heterocycles. The van der Waals surface area contributed by atoms with Gasteiger partial charge in [0.05, 0.1) is 5.56 Å². The second-order valence-electron chi connectivity index (χ2n) is 4.39. The van der Waals surface area contributed by atoms with Crippen molar-refractivity contribution in [1.82, 2.24) is 0 Å². The summed E-state index contributed by atoms with van der Waals surface area (Å²) in [6.07, 6.45) is 0. The normalized spacial score (nSPS) is 13.0. The quantitative estimate of drug-likeness (QED) is 0.866. The molecule has 0 atom stereocenters. The third-order valence-electron chi connectivity index (χ3n) is 3.01. The Balaban J connectivity index is 1.76. The summed E-state index contributed by atoms with van der Waals surface area (Å²) in [7, 11) is 0. The van der Waals surface area contributed by atoms with Crippen molar-refractivity contribution in [2.75, 3.05) is 6.61 Å². The number of hydrogen-bond acceptors (Lipinski definition) is 3. The topological polar surface area (TPSA) is 35.5 Å². The number of ether oxygens (including phenoxy) is 2. The lowest BCUT2D eigenvalue weighted by molar-refractivity contribution is 0.0961. The second kappa shape index (κ2) is 5.13. The Morgan fingerprint density at radius 1 is 1.25 bits per heavy atom. The summed E-state index contributed by atoms with van der Waals surface area (Å²) in [4.78, 5) is 11.4. The average Bonchev–Trinajstić information content (AvgIpc) is 2.81. The Morgan fingerprint density at radius 2 is 2.10 bits per heavy atom. The lowest BCUT2D eigenvalue weighted by Gasteiger charge is -2.08. The fraction of sp³-hybridized carbons (Fsp3) is 0.133. The third kappa shape index (κ3) is 2.47. The van der Waals surface area contributed by atoms with Crippen LogP contribution in [0.15, 0.2) is 36.4 Å². The first kappa shape index (κ1) is 12.9. The molecule has 1 aliphatic rings. The van der Waals surface area contributed by atoms with Gasteiger partial charge in [0.25, 0.3) is 0 Å². The zero-order valence-corrected chi connectivity index (χ0v) is 11.1. The molecule has 0 N–H and O–H groups in total. The SMILES string of the molecule is O=C1COc2cc(OCc3cc(Cl)ccc3F)ccc21. The van der Waals surface area contributed by atoms with E-state index in [0.29, 0.717) is 27.6 Å². The number of Topliss-reactive ketones (excluding diaryl/α,β-unsaturated/α-hetero) is 1. The average molecular weight is 293 g/mol. The molecule has 1 aliphatic heterocycles. The smallest absolute Gasteiger partial charge is 0.203 e. The largest absolute Gasteiger partial charge is 0.489 e. The molecule has 102 valence electrons. The summed E-state index contributed by atoms with van der Waals surface area (Å²) in [5.74, 6) is 0.589. The van der Waals surface area contributed by atoms with Gasteiger partial charge in [-0.2, -0.15) is 0 Å². The molecule has 3 rings (SSSR count). The fourth-order valence-corrected chi connectivity index (χ4v) is 2.17. The van der Waals surface area contributed by atoms with E-state index in [1.807, 2.05) is 0 Å². The van der Waals surface area contributed by atoms with E-state index in [0.717, 1.165) is 0 Å². The van der Waals surface area contributed by atoms with Crippen molar-refractivity contribution >= 4 is 17.4 Å². The Morgan fingerprint density at radius 3 is 2.95 bits per heavy atom. The lowest BCUT2D eigenvalue weighted by atomic mass is 10.1. The number of carbonyl (C=O) groups excluding carboxylic acids is 1. The van der Waals surface area contributed by atoms with Gasteiger partial charge in [0.2, 0.25) is 5.78 Å². The van der Waals surface area contributed by atoms with Crippen LogP contribution in [0.25, 0.3) is 0 Å². The molecule has 0 aromatic heterocycles. The second-order valence-corrected chi connectivity index (χ2v) is 4.83. The molecule has 0 radical (unpaired) electrons. The molecule has 2 aromatic carbocycles. The van der Waals surface area contributed by atoms with Gasteiger partial charge in [-0.3, -0.25) is 4.79 Å². The van der Waals surface area contributed by atoms with Crippen LogP contribution in [0.5, 0.6) is 11.5 Å². The summed E-state index contributed by atoms with van der Waals surface area (Å²) in [6, 6.07) is 9.23. The summed E-state index contributed by atoms with van der Waals surface area (Å²) < 4.78 is 24.3. The van der Waals surface area contributed by atoms with E-state index in [9.17, 15) is 9.18 Å². The van der Waals surface area contributed by atoms with Crippen LogP contribution in [-0.4, -0.2) is 12.4 Å². The first-order chi connectivity index (χ1) is 9.63. The molecule has 0 fully saturated rings. The van der Waals surface area contributed by atoms with Gasteiger partial charge in [-0.25, -0.2) is 4.39 Å². The molecule has 0 bridgehead atoms. The van der Waals surface area contributed by atoms with Gasteiger partial charge >= 0.3 is 0 Å². The maximum Gasteiger partial charge on any atom is 0.203 e. The molecule has 0 spiro atoms. The lowest BCUT2D eigenvalue weighted by Crippen LogP contribution is -1.99. The molecule has 0 aliphatic carbocycles. The van der Waals surface area contributed by atoms with Crippen molar-refractivity contribution in [2.45, 2.75) is 6.61 Å². The standard InChI is InChI=1S/C15H10ClFO3/c16-10-1-4-13(17)9(5-10)7-19-11-2-3-12-14(18)8-20-15(12)6-11/h1-6H,7-8H2. The van der Waals surface area contributed by atoms with E-state index in [4.69, 9.17) is 21.1 Å². The molecule has 20 heavy (non-hydrogen) atoms. The predicted molar refractivity (Wildman–Crippen MR) is 72.0 cm³/mol. The van der Waals surface area contributed by atoms with Crippen LogP contribution < -0.4 is 9.47 Å². The van der Waals surface area contributed by atoms with Crippen molar-refractivity contribution in [2.24, 2.45) is 0 Å². The maximum absolute atomic E-state index is 13.5. The van der Waals surface area contributed by atoms with Gasteiger partial charge in [0.1, 0.15) is 23.9 Å². The van der Waals surface area contributed by atoms with E-state index < -0.39 is 0 Å². The van der Waals surface area contributed by atoms with Gasteiger partial charge in [-0.1, -0.05) is 11.6 Å². The Hall–Kier alpha value is -2.07. The number of benzene rings is 2. The van der Waals surface area contributed by atoms with E-state index >= 15 is 0 Å². The number of hydrogen-bond donors (Lipinski definition) is 0. The van der Waals surface area contributed by atoms with E-state index in [-0.39, 0.29) is 24.8 Å². The minimum Gasteiger partial charge on any atom is -0.489 e. The zero-order chi connectivity index (χ0) is 14.1. The van der Waals surface area contributed by atoms with E-state index in [1.54, 1.807) is 18.2 Å². The van der Waals surface area contributed by atoms with Gasteiger partial charge in [-0.05, 0) is 30.3 Å². The van der Waals surface area contributed by atoms with Crippen LogP contribution in [0.4, 0.5) is 4.39 Å². The number of rotatable bonds is 3. The number of carbonyl (C=O) groups is 1. The van der Waals surface area contributed by atoms with Crippen LogP contribution in [0.2, 0.25) is 5.02 Å². The van der Waals surface area contributed by atoms with Gasteiger partial charge < -0.3 is 9.47 Å². The summed E-state index contributed by atoms with van der Waals surface area (Å²) in [5.41, 5.74) is 0.918. The number of ketones is 1. The van der Waals surface area contributed by atoms with Crippen LogP contribution in [0.3, 0.4) is 0 Å². The predicted octanol–water partition coefficient (Wildman–Crippen LogP) is 3.63. The summed E-state index contributed by atoms with van der Waals surface area (Å²) in [6.45, 7) is 0.112. The minimum absolute atomic E-state index is 0.0487. The molecule has 0 unspecified atom stereocenters. The van der Waals surface area contributed by atoms with Crippen LogP contribution in [-0.2, 0) is 6.61 Å². The van der Waals surface area contributed by atoms with Gasteiger partial charge in [-0.15, -0.1) is 0 Å². The number of halogens is 2. The van der Waals surface area contributed by atoms with Crippen LogP contribution in [0.1, 0.15) is 15.9 Å². The van der Waals surface area contributed by atoms with Crippen molar-refractivity contribution < 1.29 is 18.7 Å². The van der Waals surface area contributed by atoms with Crippen molar-refractivity contribution in [3.05, 3.63) is 58.4 Å². The minimum atomic E-state index is -0.373. The van der Waals surface area contributed by atoms with Crippen LogP contribution in [0, 0.1) is 5.82 Å². The summed E-state index contributed by atoms with van der Waals surface area (Å²) >= 11 is 5.81. The highest BCUT2D eigenvalue weighted by Crippen LogP contribution is 2.30. The highest BCUT2D eigenvalue weighted by Gasteiger charge is 2.21. The Labute approximate surface area is 119 Å². The molecule has 3 nitrogen and oxygen atoms in total. The molecular formula is C15H10ClFO3. The first-order valence-corrected chi connectivity index (χ1v) is 6.38. The van der Waals surface area contributed by atoms with Crippen molar-refractivity contribution in [1.29, 1.82) is 0 Å². The first-order valence-electron chi connectivity index (χ1n) is 6.00. The van der Waals surface area contributed by atoms with E-state index in [2.05, 4.69) is 0 Å². The molecular weight excluding hydrogens is 283 g/mol.